The fourth-order valence-electron chi connectivity index (χ4n) is 7.56. The summed E-state index contributed by atoms with van der Waals surface area (Å²) in [5, 5.41) is 27.0. The van der Waals surface area contributed by atoms with Crippen molar-refractivity contribution in [3.63, 3.8) is 0 Å². The number of nitrogens with one attached hydrogen (secondary N) is 5. The van der Waals surface area contributed by atoms with Crippen LogP contribution in [-0.4, -0.2) is 130 Å². The van der Waals surface area contributed by atoms with Crippen LogP contribution in [0.5, 0.6) is 0 Å². The molecule has 6 rings (SSSR count). The molecule has 32 heteroatoms. The Morgan fingerprint density at radius 1 is 0.782 bits per heavy atom. The predicted octanol–water partition coefficient (Wildman–Crippen LogP) is 6.19. The van der Waals surface area contributed by atoms with Gasteiger partial charge in [0, 0.05) is 11.8 Å². The van der Waals surface area contributed by atoms with Crippen LogP contribution in [0.3, 0.4) is 0 Å². The Morgan fingerprint density at radius 3 is 1.72 bits per heavy atom. The number of aromatic nitrogens is 8. The Bertz CT molecular complexity index is 3090. The van der Waals surface area contributed by atoms with Crippen LogP contribution < -0.4 is 32.6 Å². The summed E-state index contributed by atoms with van der Waals surface area (Å²) in [6.07, 6.45) is -3.12. The molecule has 0 aromatic carbocycles. The number of hydrogen-bond acceptors (Lipinski definition) is 21. The highest BCUT2D eigenvalue weighted by Gasteiger charge is 2.55. The Morgan fingerprint density at radius 2 is 1.24 bits per heavy atom. The van der Waals surface area contributed by atoms with Gasteiger partial charge in [0.1, 0.15) is 37.6 Å². The molecule has 0 spiro atoms. The van der Waals surface area contributed by atoms with Crippen LogP contribution in [0.4, 0.5) is 11.9 Å². The molecule has 26 nitrogen and oxygen atoms in total. The first-order valence-electron chi connectivity index (χ1n) is 25.4. The number of anilines is 2. The molecule has 78 heavy (non-hydrogen) atoms. The quantitative estimate of drug-likeness (QED) is 0.0258. The number of carbonyl (C=O) groups is 2. The minimum atomic E-state index is -3.84. The lowest BCUT2D eigenvalue weighted by molar-refractivity contribution is -0.119. The highest BCUT2D eigenvalue weighted by Crippen LogP contribution is 2.51. The first-order chi connectivity index (χ1) is 36.3. The number of nitrogens with zero attached hydrogens (tertiary/aromatic N) is 8. The molecule has 2 fully saturated rings. The molecule has 2 aliphatic rings. The molecule has 6 heterocycles. The molecule has 4 aromatic rings. The molecular weight excluding hydrogens is 1120 g/mol. The fraction of sp³-hybridized carbons (Fsp3) is 0.696. The van der Waals surface area contributed by atoms with E-state index in [2.05, 4.69) is 119 Å². The molecule has 0 bridgehead atoms. The standard InChI is InChI=1S/C46H72N14O12P2S2Si2/c1-25(2)37(61)54-43-52-35-31(39(63)56-43)50-23-59(35)41-33(71-77(11,12)45(5,6)7)29(49)27(69-41)22-68-74(76,67-20-16-18-48)58-30-28(21-66-73(75)65-19-15-17-47)70-42(34(30)72-78(13,14)46(8,9)10)60-24-51-32-36(60)53-44(57-40(32)64)55-38(62)26(3)4/h23-30,33-34,41-42H,15-16,19-22,49H2,1-14H3,(H4-,52,53,54,55,56,57,58,61,62,63,64,76)/p+1/t27-,28-,29-,30-,33-,34-,41-,42-,74?/m1/s1. The van der Waals surface area contributed by atoms with Crippen molar-refractivity contribution < 1.29 is 46.0 Å². The van der Waals surface area contributed by atoms with Gasteiger partial charge in [0.05, 0.1) is 62.9 Å². The third-order valence-electron chi connectivity index (χ3n) is 14.1. The predicted molar refractivity (Wildman–Crippen MR) is 303 cm³/mol. The third kappa shape index (κ3) is 14.6. The van der Waals surface area contributed by atoms with E-state index in [-0.39, 0.29) is 95.4 Å². The molecule has 0 radical (unpaired) electrons. The van der Waals surface area contributed by atoms with Gasteiger partial charge >= 0.3 is 7.15 Å². The van der Waals surface area contributed by atoms with Gasteiger partial charge in [-0.15, -0.1) is 9.05 Å². The van der Waals surface area contributed by atoms with E-state index in [1.165, 1.54) is 12.7 Å². The molecule has 7 N–H and O–H groups in total. The minimum Gasteiger partial charge on any atom is -0.408 e. The lowest BCUT2D eigenvalue weighted by Gasteiger charge is -2.41. The molecule has 10 atom stereocenters. The summed E-state index contributed by atoms with van der Waals surface area (Å²) in [4.78, 5) is 75.6. The van der Waals surface area contributed by atoms with Crippen molar-refractivity contribution in [1.29, 1.82) is 10.5 Å². The number of hydrogen-bond donors (Lipinski definition) is 6. The molecule has 428 valence electrons. The van der Waals surface area contributed by atoms with Crippen molar-refractivity contribution in [2.24, 2.45) is 17.6 Å². The number of amides is 2. The van der Waals surface area contributed by atoms with Crippen molar-refractivity contribution >= 4 is 100 Å². The van der Waals surface area contributed by atoms with Gasteiger partial charge in [-0.1, -0.05) is 69.2 Å². The van der Waals surface area contributed by atoms with E-state index in [9.17, 15) is 24.4 Å². The van der Waals surface area contributed by atoms with Crippen LogP contribution in [-0.2, 0) is 69.6 Å². The second-order valence-electron chi connectivity index (χ2n) is 22.6. The monoisotopic (exact) mass is 1200 g/mol. The second-order valence-corrected chi connectivity index (χ2v) is 37.2. The van der Waals surface area contributed by atoms with Gasteiger partial charge in [-0.05, 0) is 48.1 Å². The third-order valence-corrected chi connectivity index (χ3v) is 27.0. The Hall–Kier alpha value is -4.18. The normalized spacial score (nSPS) is 23.2. The lowest BCUT2D eigenvalue weighted by Crippen LogP contribution is -2.53. The van der Waals surface area contributed by atoms with Gasteiger partial charge in [0.15, 0.2) is 51.4 Å². The van der Waals surface area contributed by atoms with E-state index in [1.807, 2.05) is 6.07 Å². The van der Waals surface area contributed by atoms with Gasteiger partial charge in [0.2, 0.25) is 35.5 Å². The van der Waals surface area contributed by atoms with Crippen LogP contribution in [0.25, 0.3) is 22.3 Å². The number of nitrogens with two attached hydrogens (primary N) is 1. The van der Waals surface area contributed by atoms with Gasteiger partial charge in [0.25, 0.3) is 17.8 Å². The summed E-state index contributed by atoms with van der Waals surface area (Å²) in [6.45, 7) is 23.0. The number of rotatable bonds is 24. The van der Waals surface area contributed by atoms with Crippen molar-refractivity contribution in [2.45, 2.75) is 167 Å². The Labute approximate surface area is 466 Å². The van der Waals surface area contributed by atoms with Crippen LogP contribution >= 0.6 is 13.8 Å². The summed E-state index contributed by atoms with van der Waals surface area (Å²) in [6, 6.07) is 2.24. The zero-order chi connectivity index (χ0) is 57.9. The van der Waals surface area contributed by atoms with Gasteiger partial charge in [-0.2, -0.15) is 20.5 Å². The fourth-order valence-corrected chi connectivity index (χ4v) is 13.5. The van der Waals surface area contributed by atoms with Crippen LogP contribution in [0.2, 0.25) is 36.3 Å². The zero-order valence-corrected chi connectivity index (χ0v) is 51.9. The van der Waals surface area contributed by atoms with Crippen molar-refractivity contribution in [3.8, 4) is 12.1 Å². The number of imidazole rings is 2. The highest BCUT2D eigenvalue weighted by molar-refractivity contribution is 8.09. The van der Waals surface area contributed by atoms with Crippen molar-refractivity contribution in [1.82, 2.24) is 44.1 Å². The molecule has 0 saturated carbocycles. The number of H-pyrrole nitrogens is 2. The van der Waals surface area contributed by atoms with E-state index in [0.717, 1.165) is 0 Å². The number of aromatic amines is 2. The van der Waals surface area contributed by atoms with Gasteiger partial charge in [-0.3, -0.25) is 48.9 Å². The van der Waals surface area contributed by atoms with E-state index < -0.39 is 102 Å². The maximum atomic E-state index is 13.5. The topological polar surface area (TPSA) is 345 Å². The van der Waals surface area contributed by atoms with Gasteiger partial charge < -0.3 is 33.1 Å². The van der Waals surface area contributed by atoms with Crippen LogP contribution in [0.15, 0.2) is 22.2 Å². The first kappa shape index (κ1) is 63.0. The van der Waals surface area contributed by atoms with E-state index in [4.69, 9.17) is 71.0 Å². The van der Waals surface area contributed by atoms with E-state index >= 15 is 0 Å². The number of ether oxygens (including phenoxy) is 2. The largest absolute Gasteiger partial charge is 0.521 e. The molecule has 2 amide bonds. The van der Waals surface area contributed by atoms with E-state index in [0.29, 0.717) is 0 Å². The minimum absolute atomic E-state index is 0.0156. The summed E-state index contributed by atoms with van der Waals surface area (Å²) in [7, 11) is -7.41. The molecule has 2 aliphatic heterocycles. The van der Waals surface area contributed by atoms with Crippen molar-refractivity contribution in [3.05, 3.63) is 33.4 Å². The molecular formula is C46H73N14O12P2S2Si2+. The van der Waals surface area contributed by atoms with Gasteiger partial charge in [-0.25, -0.2) is 15.1 Å². The Balaban J connectivity index is 1.43. The molecule has 4 aromatic heterocycles. The zero-order valence-electron chi connectivity index (χ0n) is 46.4. The highest BCUT2D eigenvalue weighted by atomic mass is 32.5. The second kappa shape index (κ2) is 25.3. The van der Waals surface area contributed by atoms with E-state index in [1.54, 1.807) is 36.8 Å². The molecule has 2 unspecified atom stereocenters. The summed E-state index contributed by atoms with van der Waals surface area (Å²) in [5.74, 6) is -1.79. The average molecular weight is 1200 g/mol. The number of nitriles is 2. The summed E-state index contributed by atoms with van der Waals surface area (Å²) >= 11 is 11.9. The maximum Gasteiger partial charge on any atom is 0.521 e. The number of carbonyl (C=O) groups excluding carboxylic acids is 2. The summed E-state index contributed by atoms with van der Waals surface area (Å²) < 4.78 is 56.0. The SMILES string of the molecule is CC(C)C(=O)Nc1nc2c(ncn2[C@@H]2O[C@H](COP(=S)(N[C@H]3[C@@H](O[Si](C)(C)C(C)(C)C)[C@H](n4cnc5c(=O)[nH]c(NC(=O)C(C)C)nc54)O[C@@H]3CO[P+](=S)OCCC#N)OCCC#N)[C@@H](N)[C@H]2O[Si](C)(C)C(C)(C)C)c(=O)[nH]1. The Kier molecular flexibility index (Phi) is 20.4. The average Bonchev–Trinajstić information content (AvgIpc) is 4.25. The lowest BCUT2D eigenvalue weighted by atomic mass is 10.1. The molecule has 0 aliphatic carbocycles. The smallest absolute Gasteiger partial charge is 0.408 e. The maximum absolute atomic E-state index is 13.5. The number of fused-ring (bicyclic) bond motifs is 2. The first-order valence-corrected chi connectivity index (χ1v) is 36.1. The van der Waals surface area contributed by atoms with Crippen molar-refractivity contribution in [2.75, 3.05) is 37.1 Å². The summed E-state index contributed by atoms with van der Waals surface area (Å²) in [5.41, 5.74) is 6.06. The molecule has 2 saturated heterocycles. The van der Waals surface area contributed by atoms with Crippen LogP contribution in [0.1, 0.15) is 94.5 Å². The van der Waals surface area contributed by atoms with Crippen LogP contribution in [0, 0.1) is 34.5 Å².